The van der Waals surface area contributed by atoms with Crippen LogP contribution >= 0.6 is 11.3 Å². The summed E-state index contributed by atoms with van der Waals surface area (Å²) in [6.45, 7) is 6.34. The van der Waals surface area contributed by atoms with Gasteiger partial charge in [-0.2, -0.15) is 0 Å². The number of esters is 1. The number of amides is 1. The molecule has 0 radical (unpaired) electrons. The second-order valence-electron chi connectivity index (χ2n) is 5.25. The van der Waals surface area contributed by atoms with Crippen LogP contribution in [-0.2, 0) is 20.7 Å². The van der Waals surface area contributed by atoms with E-state index >= 15 is 0 Å². The number of hydrogen-bond donors (Lipinski definition) is 1. The largest absolute Gasteiger partial charge is 0.464 e. The quantitative estimate of drug-likeness (QED) is 0.593. The number of thiophene rings is 1. The molecule has 0 aliphatic rings. The highest BCUT2D eigenvalue weighted by atomic mass is 32.1. The lowest BCUT2D eigenvalue weighted by Crippen LogP contribution is -2.40. The van der Waals surface area contributed by atoms with Crippen molar-refractivity contribution in [2.24, 2.45) is 5.92 Å². The summed E-state index contributed by atoms with van der Waals surface area (Å²) in [5, 5.41) is 4.59. The van der Waals surface area contributed by atoms with Gasteiger partial charge in [-0.1, -0.05) is 19.9 Å². The lowest BCUT2D eigenvalue weighted by Gasteiger charge is -2.13. The standard InChI is InChI=1S/C15H23NO3S/c1-11(2)6-4-8-19-15(18)12(3)16-14(17)10-13-7-5-9-20-13/h5,7,9,11-12H,4,6,8,10H2,1-3H3,(H,16,17). The van der Waals surface area contributed by atoms with Crippen molar-refractivity contribution in [3.05, 3.63) is 22.4 Å². The summed E-state index contributed by atoms with van der Waals surface area (Å²) in [7, 11) is 0. The van der Waals surface area contributed by atoms with Crippen molar-refractivity contribution in [2.75, 3.05) is 6.61 Å². The van der Waals surface area contributed by atoms with E-state index in [9.17, 15) is 9.59 Å². The first-order valence-electron chi connectivity index (χ1n) is 6.97. The summed E-state index contributed by atoms with van der Waals surface area (Å²) in [4.78, 5) is 24.4. The van der Waals surface area contributed by atoms with Gasteiger partial charge in [-0.25, -0.2) is 4.79 Å². The Morgan fingerprint density at radius 3 is 2.70 bits per heavy atom. The van der Waals surface area contributed by atoms with E-state index in [1.807, 2.05) is 17.5 Å². The molecule has 20 heavy (non-hydrogen) atoms. The summed E-state index contributed by atoms with van der Waals surface area (Å²) in [6, 6.07) is 3.21. The van der Waals surface area contributed by atoms with E-state index in [4.69, 9.17) is 4.74 Å². The van der Waals surface area contributed by atoms with E-state index < -0.39 is 6.04 Å². The van der Waals surface area contributed by atoms with E-state index in [1.54, 1.807) is 6.92 Å². The molecule has 0 saturated heterocycles. The Morgan fingerprint density at radius 1 is 1.35 bits per heavy atom. The topological polar surface area (TPSA) is 55.4 Å². The van der Waals surface area contributed by atoms with Crippen LogP contribution in [0.15, 0.2) is 17.5 Å². The number of carbonyl (C=O) groups excluding carboxylic acids is 2. The van der Waals surface area contributed by atoms with Gasteiger partial charge in [0.15, 0.2) is 0 Å². The number of ether oxygens (including phenoxy) is 1. The molecule has 0 aliphatic carbocycles. The van der Waals surface area contributed by atoms with Gasteiger partial charge in [-0.05, 0) is 37.1 Å². The van der Waals surface area contributed by atoms with Gasteiger partial charge in [0.1, 0.15) is 6.04 Å². The van der Waals surface area contributed by atoms with Gasteiger partial charge in [-0.15, -0.1) is 11.3 Å². The van der Waals surface area contributed by atoms with Crippen LogP contribution in [0.4, 0.5) is 0 Å². The monoisotopic (exact) mass is 297 g/mol. The average molecular weight is 297 g/mol. The molecule has 4 nitrogen and oxygen atoms in total. The van der Waals surface area contributed by atoms with E-state index in [1.165, 1.54) is 11.3 Å². The molecule has 1 rings (SSSR count). The first-order chi connectivity index (χ1) is 9.49. The number of hydrogen-bond acceptors (Lipinski definition) is 4. The lowest BCUT2D eigenvalue weighted by molar-refractivity contribution is -0.147. The van der Waals surface area contributed by atoms with Crippen LogP contribution in [0.2, 0.25) is 0 Å². The zero-order valence-electron chi connectivity index (χ0n) is 12.3. The Bertz CT molecular complexity index is 415. The third-order valence-corrected chi connectivity index (χ3v) is 3.69. The molecule has 1 unspecified atom stereocenters. The molecule has 1 aromatic heterocycles. The predicted molar refractivity (Wildman–Crippen MR) is 80.7 cm³/mol. The van der Waals surface area contributed by atoms with Crippen LogP contribution in [0.1, 0.15) is 38.5 Å². The fourth-order valence-electron chi connectivity index (χ4n) is 1.71. The Balaban J connectivity index is 2.22. The van der Waals surface area contributed by atoms with Gasteiger partial charge in [0.25, 0.3) is 0 Å². The third kappa shape index (κ3) is 6.70. The minimum atomic E-state index is -0.596. The molecule has 1 atom stereocenters. The van der Waals surface area contributed by atoms with Crippen molar-refractivity contribution < 1.29 is 14.3 Å². The Hall–Kier alpha value is -1.36. The van der Waals surface area contributed by atoms with Crippen LogP contribution < -0.4 is 5.32 Å². The summed E-state index contributed by atoms with van der Waals surface area (Å²) < 4.78 is 5.14. The lowest BCUT2D eigenvalue weighted by atomic mass is 10.1. The van der Waals surface area contributed by atoms with Crippen LogP contribution in [0.25, 0.3) is 0 Å². The van der Waals surface area contributed by atoms with Crippen LogP contribution in [0.3, 0.4) is 0 Å². The summed E-state index contributed by atoms with van der Waals surface area (Å²) in [5.74, 6) is 0.0870. The minimum absolute atomic E-state index is 0.154. The maximum atomic E-state index is 11.7. The smallest absolute Gasteiger partial charge is 0.328 e. The fraction of sp³-hybridized carbons (Fsp3) is 0.600. The Kier molecular flexibility index (Phi) is 7.30. The normalized spacial score (nSPS) is 12.2. The summed E-state index contributed by atoms with van der Waals surface area (Å²) >= 11 is 1.53. The third-order valence-electron chi connectivity index (χ3n) is 2.82. The van der Waals surface area contributed by atoms with Gasteiger partial charge in [0, 0.05) is 4.88 Å². The molecule has 0 saturated carbocycles. The van der Waals surface area contributed by atoms with Crippen LogP contribution in [-0.4, -0.2) is 24.5 Å². The highest BCUT2D eigenvalue weighted by Gasteiger charge is 2.17. The van der Waals surface area contributed by atoms with Gasteiger partial charge in [-0.3, -0.25) is 4.79 Å². The molecule has 1 N–H and O–H groups in total. The Labute approximate surface area is 124 Å². The van der Waals surface area contributed by atoms with Crippen molar-refractivity contribution in [3.63, 3.8) is 0 Å². The second-order valence-corrected chi connectivity index (χ2v) is 6.28. The summed E-state index contributed by atoms with van der Waals surface area (Å²) in [5.41, 5.74) is 0. The highest BCUT2D eigenvalue weighted by Crippen LogP contribution is 2.09. The predicted octanol–water partition coefficient (Wildman–Crippen LogP) is 2.77. The fourth-order valence-corrected chi connectivity index (χ4v) is 2.42. The van der Waals surface area contributed by atoms with Gasteiger partial charge in [0.2, 0.25) is 5.91 Å². The minimum Gasteiger partial charge on any atom is -0.464 e. The van der Waals surface area contributed by atoms with Crippen molar-refractivity contribution in [2.45, 2.75) is 46.1 Å². The summed E-state index contributed by atoms with van der Waals surface area (Å²) in [6.07, 6.45) is 2.20. The molecule has 0 fully saturated rings. The molecule has 1 amide bonds. The SMILES string of the molecule is CC(C)CCCOC(=O)C(C)NC(=O)Cc1cccs1. The van der Waals surface area contributed by atoms with E-state index in [0.29, 0.717) is 18.9 Å². The molecule has 0 aromatic carbocycles. The molecule has 1 aromatic rings. The number of rotatable bonds is 8. The maximum Gasteiger partial charge on any atom is 0.328 e. The van der Waals surface area contributed by atoms with E-state index in [2.05, 4.69) is 19.2 Å². The molecule has 0 bridgehead atoms. The van der Waals surface area contributed by atoms with Crippen molar-refractivity contribution in [1.29, 1.82) is 0 Å². The number of nitrogens with one attached hydrogen (secondary N) is 1. The van der Waals surface area contributed by atoms with E-state index in [0.717, 1.165) is 17.7 Å². The first-order valence-corrected chi connectivity index (χ1v) is 7.85. The van der Waals surface area contributed by atoms with Crippen molar-refractivity contribution in [1.82, 2.24) is 5.32 Å². The second kappa shape index (κ2) is 8.74. The maximum absolute atomic E-state index is 11.7. The zero-order chi connectivity index (χ0) is 15.0. The molecule has 0 spiro atoms. The van der Waals surface area contributed by atoms with Gasteiger partial charge >= 0.3 is 5.97 Å². The molecule has 112 valence electrons. The highest BCUT2D eigenvalue weighted by molar-refractivity contribution is 7.10. The number of carbonyl (C=O) groups is 2. The van der Waals surface area contributed by atoms with E-state index in [-0.39, 0.29) is 11.9 Å². The molecule has 5 heteroatoms. The first kappa shape index (κ1) is 16.7. The molecular weight excluding hydrogens is 274 g/mol. The average Bonchev–Trinajstić information content (AvgIpc) is 2.86. The zero-order valence-corrected chi connectivity index (χ0v) is 13.2. The van der Waals surface area contributed by atoms with Crippen LogP contribution in [0.5, 0.6) is 0 Å². The van der Waals surface area contributed by atoms with Crippen LogP contribution in [0, 0.1) is 5.92 Å². The molecule has 0 aliphatic heterocycles. The van der Waals surface area contributed by atoms with Crippen molar-refractivity contribution >= 4 is 23.2 Å². The van der Waals surface area contributed by atoms with Gasteiger partial charge < -0.3 is 10.1 Å². The molecule has 1 heterocycles. The molecular formula is C15H23NO3S. The Morgan fingerprint density at radius 2 is 2.10 bits per heavy atom. The van der Waals surface area contributed by atoms with Crippen molar-refractivity contribution in [3.8, 4) is 0 Å². The van der Waals surface area contributed by atoms with Gasteiger partial charge in [0.05, 0.1) is 13.0 Å².